The smallest absolute Gasteiger partial charge is 0.256 e. The first-order valence-corrected chi connectivity index (χ1v) is 11.0. The van der Waals surface area contributed by atoms with E-state index in [9.17, 15) is 4.79 Å². The van der Waals surface area contributed by atoms with Crippen molar-refractivity contribution in [1.82, 2.24) is 9.97 Å². The third-order valence-electron chi connectivity index (χ3n) is 5.27. The highest BCUT2D eigenvalue weighted by molar-refractivity contribution is 9.10. The molecule has 0 atom stereocenters. The Labute approximate surface area is 194 Å². The number of halogens is 1. The van der Waals surface area contributed by atoms with Crippen molar-refractivity contribution >= 4 is 38.4 Å². The van der Waals surface area contributed by atoms with Gasteiger partial charge in [0, 0.05) is 33.4 Å². The monoisotopic (exact) mass is 479 g/mol. The minimum atomic E-state index is -0.189. The lowest BCUT2D eigenvalue weighted by atomic mass is 9.93. The molecule has 5 aromatic rings. The zero-order valence-corrected chi connectivity index (χ0v) is 18.6. The summed E-state index contributed by atoms with van der Waals surface area (Å²) in [7, 11) is 0. The molecule has 4 nitrogen and oxygen atoms in total. The Morgan fingerprint density at radius 3 is 2.41 bits per heavy atom. The molecular weight excluding hydrogens is 462 g/mol. The number of amides is 1. The Morgan fingerprint density at radius 2 is 1.53 bits per heavy atom. The standard InChI is InChI=1S/C27H18BrN3O/c28-19-13-14-21(24-11-3-4-15-29-24)23(17-19)20-9-1-2-10-22(20)27(32)31-25-12-5-7-18-8-6-16-30-26(18)25/h1-17H,(H,31,32). The zero-order valence-electron chi connectivity index (χ0n) is 17.0. The number of benzene rings is 3. The molecule has 0 unspecified atom stereocenters. The maximum absolute atomic E-state index is 13.4. The summed E-state index contributed by atoms with van der Waals surface area (Å²) >= 11 is 3.58. The van der Waals surface area contributed by atoms with Gasteiger partial charge in [-0.2, -0.15) is 0 Å². The molecule has 0 radical (unpaired) electrons. The molecule has 0 aliphatic heterocycles. The van der Waals surface area contributed by atoms with Crippen molar-refractivity contribution in [2.75, 3.05) is 5.32 Å². The Balaban J connectivity index is 1.60. The summed E-state index contributed by atoms with van der Waals surface area (Å²) in [6.45, 7) is 0. The van der Waals surface area contributed by atoms with Gasteiger partial charge in [0.1, 0.15) is 0 Å². The van der Waals surface area contributed by atoms with Gasteiger partial charge in [0.05, 0.1) is 16.9 Å². The van der Waals surface area contributed by atoms with E-state index in [1.165, 1.54) is 0 Å². The molecule has 0 aliphatic carbocycles. The first-order chi connectivity index (χ1) is 15.7. The molecule has 0 fully saturated rings. The van der Waals surface area contributed by atoms with Crippen molar-refractivity contribution in [2.24, 2.45) is 0 Å². The van der Waals surface area contributed by atoms with Gasteiger partial charge in [-0.1, -0.05) is 64.5 Å². The highest BCUT2D eigenvalue weighted by Crippen LogP contribution is 2.35. The predicted molar refractivity (Wildman–Crippen MR) is 133 cm³/mol. The summed E-state index contributed by atoms with van der Waals surface area (Å²) in [4.78, 5) is 22.4. The Hall–Kier alpha value is -3.83. The van der Waals surface area contributed by atoms with E-state index in [1.54, 1.807) is 12.4 Å². The van der Waals surface area contributed by atoms with Gasteiger partial charge in [0.2, 0.25) is 0 Å². The molecule has 2 heterocycles. The Morgan fingerprint density at radius 1 is 0.719 bits per heavy atom. The van der Waals surface area contributed by atoms with Crippen LogP contribution in [0.5, 0.6) is 0 Å². The third kappa shape index (κ3) is 3.90. The third-order valence-corrected chi connectivity index (χ3v) is 5.76. The first kappa shape index (κ1) is 20.1. The lowest BCUT2D eigenvalue weighted by molar-refractivity contribution is 0.102. The van der Waals surface area contributed by atoms with Crippen molar-refractivity contribution in [3.8, 4) is 22.4 Å². The molecule has 1 N–H and O–H groups in total. The summed E-state index contributed by atoms with van der Waals surface area (Å²) in [6, 6.07) is 29.1. The number of para-hydroxylation sites is 1. The summed E-state index contributed by atoms with van der Waals surface area (Å²) in [6.07, 6.45) is 3.50. The number of hydrogen-bond acceptors (Lipinski definition) is 3. The number of nitrogens with zero attached hydrogens (tertiary/aromatic N) is 2. The summed E-state index contributed by atoms with van der Waals surface area (Å²) in [5, 5.41) is 4.03. The van der Waals surface area contributed by atoms with Crippen LogP contribution in [0.3, 0.4) is 0 Å². The van der Waals surface area contributed by atoms with Gasteiger partial charge in [0.15, 0.2) is 0 Å². The fraction of sp³-hybridized carbons (Fsp3) is 0. The minimum absolute atomic E-state index is 0.189. The number of nitrogens with one attached hydrogen (secondary N) is 1. The van der Waals surface area contributed by atoms with Crippen LogP contribution < -0.4 is 5.32 Å². The first-order valence-electron chi connectivity index (χ1n) is 10.2. The SMILES string of the molecule is O=C(Nc1cccc2cccnc12)c1ccccc1-c1cc(Br)ccc1-c1ccccn1. The number of pyridine rings is 2. The largest absolute Gasteiger partial charge is 0.320 e. The number of aromatic nitrogens is 2. The van der Waals surface area contributed by atoms with Crippen LogP contribution in [0.4, 0.5) is 5.69 Å². The number of carbonyl (C=O) groups is 1. The molecule has 2 aromatic heterocycles. The molecule has 0 aliphatic rings. The zero-order chi connectivity index (χ0) is 21.9. The lowest BCUT2D eigenvalue weighted by Gasteiger charge is -2.15. The second-order valence-corrected chi connectivity index (χ2v) is 8.20. The number of rotatable bonds is 4. The van der Waals surface area contributed by atoms with Crippen molar-refractivity contribution < 1.29 is 4.79 Å². The van der Waals surface area contributed by atoms with Gasteiger partial charge in [0.25, 0.3) is 5.91 Å². The Bertz CT molecular complexity index is 1430. The van der Waals surface area contributed by atoms with Crippen LogP contribution in [-0.4, -0.2) is 15.9 Å². The van der Waals surface area contributed by atoms with Gasteiger partial charge in [-0.05, 0) is 53.6 Å². The molecule has 32 heavy (non-hydrogen) atoms. The van der Waals surface area contributed by atoms with E-state index in [0.29, 0.717) is 11.3 Å². The topological polar surface area (TPSA) is 54.9 Å². The van der Waals surface area contributed by atoms with Crippen LogP contribution in [0, 0.1) is 0 Å². The number of hydrogen-bond donors (Lipinski definition) is 1. The van der Waals surface area contributed by atoms with Crippen LogP contribution in [0.25, 0.3) is 33.3 Å². The molecule has 154 valence electrons. The van der Waals surface area contributed by atoms with E-state index in [-0.39, 0.29) is 5.91 Å². The predicted octanol–water partition coefficient (Wildman–Crippen LogP) is 6.98. The molecule has 5 heteroatoms. The normalized spacial score (nSPS) is 10.8. The molecule has 3 aromatic carbocycles. The molecule has 0 bridgehead atoms. The van der Waals surface area contributed by atoms with Crippen molar-refractivity contribution in [3.63, 3.8) is 0 Å². The minimum Gasteiger partial charge on any atom is -0.320 e. The fourth-order valence-electron chi connectivity index (χ4n) is 3.80. The molecular formula is C27H18BrN3O. The molecule has 0 spiro atoms. The van der Waals surface area contributed by atoms with Crippen LogP contribution in [0.2, 0.25) is 0 Å². The number of anilines is 1. The van der Waals surface area contributed by atoms with Crippen molar-refractivity contribution in [3.05, 3.63) is 113 Å². The van der Waals surface area contributed by atoms with E-state index >= 15 is 0 Å². The quantitative estimate of drug-likeness (QED) is 0.302. The van der Waals surface area contributed by atoms with Crippen LogP contribution in [0.15, 0.2) is 108 Å². The molecule has 0 saturated heterocycles. The molecule has 0 saturated carbocycles. The number of carbonyl (C=O) groups excluding carboxylic acids is 1. The Kier molecular flexibility index (Phi) is 5.48. The second kappa shape index (κ2) is 8.73. The van der Waals surface area contributed by atoms with Gasteiger partial charge in [-0.3, -0.25) is 14.8 Å². The van der Waals surface area contributed by atoms with E-state index in [0.717, 1.165) is 37.8 Å². The van der Waals surface area contributed by atoms with Gasteiger partial charge in [-0.25, -0.2) is 0 Å². The maximum Gasteiger partial charge on any atom is 0.256 e. The van der Waals surface area contributed by atoms with Gasteiger partial charge in [-0.15, -0.1) is 0 Å². The average molecular weight is 480 g/mol. The highest BCUT2D eigenvalue weighted by Gasteiger charge is 2.17. The maximum atomic E-state index is 13.4. The molecule has 1 amide bonds. The summed E-state index contributed by atoms with van der Waals surface area (Å²) in [5.74, 6) is -0.189. The molecule has 5 rings (SSSR count). The fourth-order valence-corrected chi connectivity index (χ4v) is 4.16. The summed E-state index contributed by atoms with van der Waals surface area (Å²) in [5.41, 5.74) is 5.60. The van der Waals surface area contributed by atoms with E-state index in [1.807, 2.05) is 91.0 Å². The van der Waals surface area contributed by atoms with E-state index in [2.05, 4.69) is 31.2 Å². The summed E-state index contributed by atoms with van der Waals surface area (Å²) < 4.78 is 0.931. The van der Waals surface area contributed by atoms with Gasteiger partial charge >= 0.3 is 0 Å². The lowest BCUT2D eigenvalue weighted by Crippen LogP contribution is -2.13. The van der Waals surface area contributed by atoms with Gasteiger partial charge < -0.3 is 5.32 Å². The van der Waals surface area contributed by atoms with Crippen molar-refractivity contribution in [2.45, 2.75) is 0 Å². The van der Waals surface area contributed by atoms with Crippen LogP contribution >= 0.6 is 15.9 Å². The number of fused-ring (bicyclic) bond motifs is 1. The van der Waals surface area contributed by atoms with Crippen molar-refractivity contribution in [1.29, 1.82) is 0 Å². The second-order valence-electron chi connectivity index (χ2n) is 7.29. The van der Waals surface area contributed by atoms with E-state index < -0.39 is 0 Å². The highest BCUT2D eigenvalue weighted by atomic mass is 79.9. The van der Waals surface area contributed by atoms with E-state index in [4.69, 9.17) is 0 Å². The average Bonchev–Trinajstić information content (AvgIpc) is 2.85. The van der Waals surface area contributed by atoms with Crippen LogP contribution in [0.1, 0.15) is 10.4 Å². The van der Waals surface area contributed by atoms with Crippen LogP contribution in [-0.2, 0) is 0 Å².